The van der Waals surface area contributed by atoms with E-state index < -0.39 is 0 Å². The smallest absolute Gasteiger partial charge is 0.0508 e. The zero-order chi connectivity index (χ0) is 12.1. The van der Waals surface area contributed by atoms with E-state index >= 15 is 0 Å². The van der Waals surface area contributed by atoms with Crippen LogP contribution in [0.3, 0.4) is 0 Å². The summed E-state index contributed by atoms with van der Waals surface area (Å²) in [5.41, 5.74) is 5.37. The Morgan fingerprint density at radius 2 is 2.29 bits per heavy atom. The van der Waals surface area contributed by atoms with Gasteiger partial charge in [-0.25, -0.2) is 5.01 Å². The molecule has 17 heavy (non-hydrogen) atoms. The number of nitrogens with zero attached hydrogens (tertiary/aromatic N) is 2. The van der Waals surface area contributed by atoms with Crippen molar-refractivity contribution in [3.63, 3.8) is 0 Å². The highest BCUT2D eigenvalue weighted by molar-refractivity contribution is 5.33. The van der Waals surface area contributed by atoms with Crippen LogP contribution in [0.5, 0.6) is 0 Å². The summed E-state index contributed by atoms with van der Waals surface area (Å²) in [6, 6.07) is 2.47. The standard InChI is InChI=1S/C14H19N3/c1-3-12-9-13(11-16-10-12)14-7-5-4-6-8-17(14)15-2/h1,9-11,14-15H,4-8H2,2H3/t14-/m1/s1. The molecule has 90 valence electrons. The molecular weight excluding hydrogens is 210 g/mol. The molecule has 0 unspecified atom stereocenters. The first-order valence-corrected chi connectivity index (χ1v) is 6.20. The van der Waals surface area contributed by atoms with Gasteiger partial charge in [0.25, 0.3) is 0 Å². The van der Waals surface area contributed by atoms with Crippen molar-refractivity contribution in [2.24, 2.45) is 0 Å². The molecule has 1 N–H and O–H groups in total. The minimum atomic E-state index is 0.392. The van der Waals surface area contributed by atoms with Crippen LogP contribution in [-0.4, -0.2) is 23.6 Å². The third kappa shape index (κ3) is 2.85. The summed E-state index contributed by atoms with van der Waals surface area (Å²) in [6.45, 7) is 1.08. The van der Waals surface area contributed by atoms with Gasteiger partial charge < -0.3 is 0 Å². The highest BCUT2D eigenvalue weighted by Gasteiger charge is 2.21. The van der Waals surface area contributed by atoms with E-state index in [4.69, 9.17) is 6.42 Å². The fourth-order valence-corrected chi connectivity index (χ4v) is 2.44. The molecule has 0 aromatic carbocycles. The van der Waals surface area contributed by atoms with Crippen molar-refractivity contribution >= 4 is 0 Å². The fraction of sp³-hybridized carbons (Fsp3) is 0.500. The first-order valence-electron chi connectivity index (χ1n) is 6.20. The lowest BCUT2D eigenvalue weighted by atomic mass is 10.0. The van der Waals surface area contributed by atoms with Gasteiger partial charge in [-0.2, -0.15) is 0 Å². The molecule has 3 heteroatoms. The van der Waals surface area contributed by atoms with Crippen LogP contribution in [0.4, 0.5) is 0 Å². The van der Waals surface area contributed by atoms with Gasteiger partial charge in [-0.05, 0) is 31.5 Å². The maximum Gasteiger partial charge on any atom is 0.0508 e. The van der Waals surface area contributed by atoms with E-state index in [0.29, 0.717) is 6.04 Å². The number of nitrogens with one attached hydrogen (secondary N) is 1. The molecule has 2 rings (SSSR count). The van der Waals surface area contributed by atoms with Crippen molar-refractivity contribution in [3.8, 4) is 12.3 Å². The van der Waals surface area contributed by atoms with Gasteiger partial charge in [-0.15, -0.1) is 6.42 Å². The summed E-state index contributed by atoms with van der Waals surface area (Å²) in [5.74, 6) is 2.65. The Hall–Kier alpha value is -1.37. The molecule has 0 spiro atoms. The van der Waals surface area contributed by atoms with Crippen LogP contribution >= 0.6 is 0 Å². The Kier molecular flexibility index (Phi) is 4.13. The van der Waals surface area contributed by atoms with E-state index in [0.717, 1.165) is 18.5 Å². The molecule has 0 amide bonds. The molecule has 1 atom stereocenters. The minimum absolute atomic E-state index is 0.392. The molecule has 0 bridgehead atoms. The van der Waals surface area contributed by atoms with Crippen LogP contribution in [0.2, 0.25) is 0 Å². The van der Waals surface area contributed by atoms with Gasteiger partial charge in [0.1, 0.15) is 0 Å². The van der Waals surface area contributed by atoms with Gasteiger partial charge in [-0.3, -0.25) is 10.4 Å². The Balaban J connectivity index is 2.25. The second kappa shape index (κ2) is 5.81. The van der Waals surface area contributed by atoms with Crippen LogP contribution in [-0.2, 0) is 0 Å². The van der Waals surface area contributed by atoms with Gasteiger partial charge in [-0.1, -0.05) is 18.8 Å². The van der Waals surface area contributed by atoms with Crippen molar-refractivity contribution in [3.05, 3.63) is 29.6 Å². The normalized spacial score (nSPS) is 21.8. The average molecular weight is 229 g/mol. The molecule has 0 saturated carbocycles. The number of terminal acetylenes is 1. The molecule has 0 aliphatic carbocycles. The largest absolute Gasteiger partial charge is 0.263 e. The summed E-state index contributed by atoms with van der Waals surface area (Å²) in [7, 11) is 1.98. The van der Waals surface area contributed by atoms with Crippen molar-refractivity contribution in [1.29, 1.82) is 0 Å². The highest BCUT2D eigenvalue weighted by atomic mass is 15.5. The maximum absolute atomic E-state index is 5.43. The van der Waals surface area contributed by atoms with Crippen molar-refractivity contribution in [2.75, 3.05) is 13.6 Å². The van der Waals surface area contributed by atoms with E-state index in [-0.39, 0.29) is 0 Å². The minimum Gasteiger partial charge on any atom is -0.263 e. The summed E-state index contributed by atoms with van der Waals surface area (Å²) in [6.07, 6.45) is 14.1. The molecule has 1 aromatic rings. The number of rotatable bonds is 2. The molecule has 1 aliphatic heterocycles. The Bertz CT molecular complexity index is 408. The Morgan fingerprint density at radius 1 is 1.41 bits per heavy atom. The van der Waals surface area contributed by atoms with Crippen LogP contribution in [0, 0.1) is 12.3 Å². The van der Waals surface area contributed by atoms with E-state index in [1.54, 1.807) is 6.20 Å². The molecule has 3 nitrogen and oxygen atoms in total. The molecule has 2 heterocycles. The molecule has 1 aromatic heterocycles. The van der Waals surface area contributed by atoms with Gasteiger partial charge in [0, 0.05) is 24.5 Å². The molecule has 1 fully saturated rings. The van der Waals surface area contributed by atoms with Crippen molar-refractivity contribution in [2.45, 2.75) is 31.7 Å². The van der Waals surface area contributed by atoms with E-state index in [1.807, 2.05) is 13.2 Å². The maximum atomic E-state index is 5.43. The number of hydrazine groups is 1. The number of aromatic nitrogens is 1. The summed E-state index contributed by atoms with van der Waals surface area (Å²) < 4.78 is 0. The van der Waals surface area contributed by atoms with Crippen LogP contribution < -0.4 is 5.43 Å². The quantitative estimate of drug-likeness (QED) is 0.787. The predicted molar refractivity (Wildman–Crippen MR) is 69.1 cm³/mol. The molecular formula is C14H19N3. The van der Waals surface area contributed by atoms with E-state index in [2.05, 4.69) is 27.4 Å². The van der Waals surface area contributed by atoms with E-state index in [1.165, 1.54) is 24.8 Å². The van der Waals surface area contributed by atoms with Crippen LogP contribution in [0.25, 0.3) is 0 Å². The number of hydrogen-bond donors (Lipinski definition) is 1. The Labute approximate surface area is 103 Å². The third-order valence-electron chi connectivity index (χ3n) is 3.35. The zero-order valence-corrected chi connectivity index (χ0v) is 10.3. The van der Waals surface area contributed by atoms with E-state index in [9.17, 15) is 0 Å². The summed E-state index contributed by atoms with van der Waals surface area (Å²) in [5, 5.41) is 2.30. The summed E-state index contributed by atoms with van der Waals surface area (Å²) >= 11 is 0. The van der Waals surface area contributed by atoms with Gasteiger partial charge in [0.15, 0.2) is 0 Å². The SMILES string of the molecule is C#Cc1cncc([C@H]2CCCCCN2NC)c1. The number of pyridine rings is 1. The third-order valence-corrected chi connectivity index (χ3v) is 3.35. The molecule has 1 saturated heterocycles. The number of hydrogen-bond acceptors (Lipinski definition) is 3. The van der Waals surface area contributed by atoms with Crippen LogP contribution in [0.1, 0.15) is 42.9 Å². The zero-order valence-electron chi connectivity index (χ0n) is 10.3. The molecule has 0 radical (unpaired) electrons. The average Bonchev–Trinajstić information content (AvgIpc) is 2.63. The topological polar surface area (TPSA) is 28.2 Å². The van der Waals surface area contributed by atoms with Crippen LogP contribution in [0.15, 0.2) is 18.5 Å². The lowest BCUT2D eigenvalue weighted by molar-refractivity contribution is 0.142. The summed E-state index contributed by atoms with van der Waals surface area (Å²) in [4.78, 5) is 4.23. The second-order valence-electron chi connectivity index (χ2n) is 4.43. The first-order chi connectivity index (χ1) is 8.35. The second-order valence-corrected chi connectivity index (χ2v) is 4.43. The lowest BCUT2D eigenvalue weighted by Crippen LogP contribution is -2.38. The van der Waals surface area contributed by atoms with Crippen molar-refractivity contribution in [1.82, 2.24) is 15.4 Å². The van der Waals surface area contributed by atoms with Gasteiger partial charge in [0.2, 0.25) is 0 Å². The first kappa shape index (κ1) is 12.1. The highest BCUT2D eigenvalue weighted by Crippen LogP contribution is 2.28. The van der Waals surface area contributed by atoms with Gasteiger partial charge in [0.05, 0.1) is 6.04 Å². The fourth-order valence-electron chi connectivity index (χ4n) is 2.44. The molecule has 1 aliphatic rings. The van der Waals surface area contributed by atoms with Gasteiger partial charge >= 0.3 is 0 Å². The lowest BCUT2D eigenvalue weighted by Gasteiger charge is -2.29. The van der Waals surface area contributed by atoms with Crippen molar-refractivity contribution < 1.29 is 0 Å². The monoisotopic (exact) mass is 229 g/mol. The predicted octanol–water partition coefficient (Wildman–Crippen LogP) is 2.11. The Morgan fingerprint density at radius 3 is 3.06 bits per heavy atom.